The van der Waals surface area contributed by atoms with Crippen molar-refractivity contribution in [3.05, 3.63) is 12.8 Å². The summed E-state index contributed by atoms with van der Waals surface area (Å²) in [6, 6.07) is 0. The molecule has 0 aromatic heterocycles. The molecule has 1 aliphatic carbocycles. The zero-order valence-corrected chi connectivity index (χ0v) is 5.87. The third-order valence-corrected chi connectivity index (χ3v) is 1.74. The van der Waals surface area contributed by atoms with Gasteiger partial charge in [0, 0.05) is 0 Å². The van der Waals surface area contributed by atoms with Crippen LogP contribution in [0.3, 0.4) is 0 Å². The van der Waals surface area contributed by atoms with E-state index in [9.17, 15) is 9.59 Å². The second-order valence-electron chi connectivity index (χ2n) is 2.46. The van der Waals surface area contributed by atoms with E-state index in [1.807, 2.05) is 0 Å². The van der Waals surface area contributed by atoms with Crippen LogP contribution in [0.25, 0.3) is 0 Å². The Morgan fingerprint density at radius 1 is 1.55 bits per heavy atom. The molecule has 0 radical (unpaired) electrons. The largest absolute Gasteiger partial charge is 0.480 e. The molecule has 11 heavy (non-hydrogen) atoms. The summed E-state index contributed by atoms with van der Waals surface area (Å²) < 4.78 is 4.37. The summed E-state index contributed by atoms with van der Waals surface area (Å²) in [6.07, 6.45) is 1.69. The van der Waals surface area contributed by atoms with Crippen LogP contribution in [0, 0.1) is 5.41 Å². The van der Waals surface area contributed by atoms with E-state index in [0.717, 1.165) is 6.26 Å². The number of aliphatic carboxylic acids is 1. The van der Waals surface area contributed by atoms with Gasteiger partial charge in [-0.25, -0.2) is 0 Å². The number of carboxylic acids is 1. The fourth-order valence-corrected chi connectivity index (χ4v) is 0.819. The minimum absolute atomic E-state index is 0.370. The zero-order chi connectivity index (χ0) is 8.48. The number of rotatable bonds is 3. The van der Waals surface area contributed by atoms with Crippen molar-refractivity contribution in [3.8, 4) is 0 Å². The van der Waals surface area contributed by atoms with E-state index >= 15 is 0 Å². The summed E-state index contributed by atoms with van der Waals surface area (Å²) in [5.41, 5.74) is -1.26. The lowest BCUT2D eigenvalue weighted by Crippen LogP contribution is -2.26. The van der Waals surface area contributed by atoms with Gasteiger partial charge < -0.3 is 9.84 Å². The first-order valence-corrected chi connectivity index (χ1v) is 3.19. The van der Waals surface area contributed by atoms with Crippen LogP contribution in [-0.4, -0.2) is 17.0 Å². The maximum absolute atomic E-state index is 10.9. The van der Waals surface area contributed by atoms with Crippen molar-refractivity contribution in [3.63, 3.8) is 0 Å². The topological polar surface area (TPSA) is 63.6 Å². The van der Waals surface area contributed by atoms with Crippen molar-refractivity contribution in [1.82, 2.24) is 0 Å². The fourth-order valence-electron chi connectivity index (χ4n) is 0.819. The molecule has 0 spiro atoms. The maximum Gasteiger partial charge on any atom is 0.328 e. The second kappa shape index (κ2) is 2.38. The molecule has 0 aromatic rings. The molecule has 0 amide bonds. The van der Waals surface area contributed by atoms with Crippen molar-refractivity contribution in [1.29, 1.82) is 0 Å². The molecule has 0 aliphatic heterocycles. The molecular weight excluding hydrogens is 148 g/mol. The van der Waals surface area contributed by atoms with Gasteiger partial charge in [-0.3, -0.25) is 9.59 Å². The predicted molar refractivity (Wildman–Crippen MR) is 35.6 cm³/mol. The SMILES string of the molecule is C=COC(=O)C1(C(=O)O)CC1. The third kappa shape index (κ3) is 1.11. The first-order valence-electron chi connectivity index (χ1n) is 3.19. The van der Waals surface area contributed by atoms with Crippen molar-refractivity contribution < 1.29 is 19.4 Å². The molecule has 0 atom stereocenters. The number of hydrogen-bond donors (Lipinski definition) is 1. The molecule has 4 heteroatoms. The summed E-state index contributed by atoms with van der Waals surface area (Å²) in [5.74, 6) is -1.82. The number of carboxylic acid groups (broad SMARTS) is 1. The van der Waals surface area contributed by atoms with E-state index in [1.165, 1.54) is 0 Å². The molecule has 0 saturated heterocycles. The van der Waals surface area contributed by atoms with Crippen LogP contribution in [0.5, 0.6) is 0 Å². The average Bonchev–Trinajstić information content (AvgIpc) is 2.66. The Morgan fingerprint density at radius 3 is 2.36 bits per heavy atom. The Balaban J connectivity index is 2.65. The average molecular weight is 156 g/mol. The molecule has 1 N–H and O–H groups in total. The van der Waals surface area contributed by atoms with Gasteiger partial charge in [-0.15, -0.1) is 0 Å². The quantitative estimate of drug-likeness (QED) is 0.368. The van der Waals surface area contributed by atoms with Crippen molar-refractivity contribution in [2.24, 2.45) is 5.41 Å². The molecule has 1 rings (SSSR count). The van der Waals surface area contributed by atoms with Crippen LogP contribution in [0.4, 0.5) is 0 Å². The van der Waals surface area contributed by atoms with Crippen LogP contribution in [-0.2, 0) is 14.3 Å². The highest BCUT2D eigenvalue weighted by atomic mass is 16.5. The Hall–Kier alpha value is -1.32. The minimum Gasteiger partial charge on any atom is -0.480 e. The molecule has 0 unspecified atom stereocenters. The monoisotopic (exact) mass is 156 g/mol. The Labute approximate surface area is 63.5 Å². The lowest BCUT2D eigenvalue weighted by Gasteiger charge is -2.04. The van der Waals surface area contributed by atoms with Gasteiger partial charge in [-0.1, -0.05) is 6.58 Å². The third-order valence-electron chi connectivity index (χ3n) is 1.74. The van der Waals surface area contributed by atoms with Crippen molar-refractivity contribution in [2.75, 3.05) is 0 Å². The first-order chi connectivity index (χ1) is 5.13. The fraction of sp³-hybridized carbons (Fsp3) is 0.429. The summed E-state index contributed by atoms with van der Waals surface area (Å²) in [6.45, 7) is 3.17. The summed E-state index contributed by atoms with van der Waals surface area (Å²) in [5, 5.41) is 8.57. The number of hydrogen-bond acceptors (Lipinski definition) is 3. The highest BCUT2D eigenvalue weighted by Crippen LogP contribution is 2.46. The van der Waals surface area contributed by atoms with Crippen LogP contribution in [0.2, 0.25) is 0 Å². The zero-order valence-electron chi connectivity index (χ0n) is 5.87. The normalized spacial score (nSPS) is 18.5. The van der Waals surface area contributed by atoms with Gasteiger partial charge in [0.25, 0.3) is 0 Å². The Morgan fingerprint density at radius 2 is 2.09 bits per heavy atom. The lowest BCUT2D eigenvalue weighted by atomic mass is 10.1. The molecule has 4 nitrogen and oxygen atoms in total. The van der Waals surface area contributed by atoms with Crippen LogP contribution < -0.4 is 0 Å². The van der Waals surface area contributed by atoms with Gasteiger partial charge >= 0.3 is 11.9 Å². The maximum atomic E-state index is 10.9. The molecule has 0 aromatic carbocycles. The second-order valence-corrected chi connectivity index (χ2v) is 2.46. The Bertz CT molecular complexity index is 214. The number of esters is 1. The molecule has 1 aliphatic rings. The van der Waals surface area contributed by atoms with Gasteiger partial charge in [0.15, 0.2) is 5.41 Å². The van der Waals surface area contributed by atoms with Crippen molar-refractivity contribution in [2.45, 2.75) is 12.8 Å². The number of ether oxygens (including phenoxy) is 1. The molecule has 0 heterocycles. The van der Waals surface area contributed by atoms with Crippen LogP contribution in [0.15, 0.2) is 12.8 Å². The van der Waals surface area contributed by atoms with Crippen LogP contribution >= 0.6 is 0 Å². The van der Waals surface area contributed by atoms with Crippen molar-refractivity contribution >= 4 is 11.9 Å². The van der Waals surface area contributed by atoms with E-state index in [2.05, 4.69) is 11.3 Å². The number of carbonyl (C=O) groups is 2. The highest BCUT2D eigenvalue weighted by molar-refractivity contribution is 6.02. The van der Waals surface area contributed by atoms with Gasteiger partial charge in [0.1, 0.15) is 0 Å². The van der Waals surface area contributed by atoms with E-state index in [4.69, 9.17) is 5.11 Å². The molecule has 0 bridgehead atoms. The standard InChI is InChI=1S/C7H8O4/c1-2-11-6(10)7(3-4-7)5(8)9/h2H,1,3-4H2,(H,8,9). The summed E-state index contributed by atoms with van der Waals surface area (Å²) in [7, 11) is 0. The van der Waals surface area contributed by atoms with E-state index in [1.54, 1.807) is 0 Å². The van der Waals surface area contributed by atoms with E-state index < -0.39 is 17.4 Å². The first kappa shape index (κ1) is 7.78. The van der Waals surface area contributed by atoms with Gasteiger partial charge in [-0.05, 0) is 12.8 Å². The van der Waals surface area contributed by atoms with Crippen LogP contribution in [0.1, 0.15) is 12.8 Å². The Kier molecular flexibility index (Phi) is 1.68. The van der Waals surface area contributed by atoms with E-state index in [0.29, 0.717) is 12.8 Å². The molecule has 1 fully saturated rings. The molecular formula is C7H8O4. The predicted octanol–water partition coefficient (Wildman–Crippen LogP) is 0.538. The van der Waals surface area contributed by atoms with Gasteiger partial charge in [-0.2, -0.15) is 0 Å². The minimum atomic E-state index is -1.26. The molecule has 1 saturated carbocycles. The molecule has 60 valence electrons. The smallest absolute Gasteiger partial charge is 0.328 e. The lowest BCUT2D eigenvalue weighted by molar-refractivity contribution is -0.157. The summed E-state index contributed by atoms with van der Waals surface area (Å²) >= 11 is 0. The van der Waals surface area contributed by atoms with E-state index in [-0.39, 0.29) is 0 Å². The number of carbonyl (C=O) groups excluding carboxylic acids is 1. The van der Waals surface area contributed by atoms with Gasteiger partial charge in [0.2, 0.25) is 0 Å². The highest BCUT2D eigenvalue weighted by Gasteiger charge is 2.58. The van der Waals surface area contributed by atoms with Gasteiger partial charge in [0.05, 0.1) is 6.26 Å². The summed E-state index contributed by atoms with van der Waals surface area (Å²) in [4.78, 5) is 21.4.